The molecule has 0 radical (unpaired) electrons. The Morgan fingerprint density at radius 2 is 2.14 bits per heavy atom. The Morgan fingerprint density at radius 3 is 2.71 bits per heavy atom. The van der Waals surface area contributed by atoms with Gasteiger partial charge in [0.2, 0.25) is 0 Å². The van der Waals surface area contributed by atoms with Crippen LogP contribution in [-0.2, 0) is 0 Å². The van der Waals surface area contributed by atoms with Crippen molar-refractivity contribution in [1.29, 1.82) is 0 Å². The first-order valence-electron chi connectivity index (χ1n) is 6.32. The van der Waals surface area contributed by atoms with Crippen molar-refractivity contribution in [1.82, 2.24) is 10.2 Å². The molecule has 1 unspecified atom stereocenters. The van der Waals surface area contributed by atoms with E-state index in [0.717, 1.165) is 6.04 Å². The molecule has 1 rings (SSSR count). The number of hydrogen-bond donors (Lipinski definition) is 1. The van der Waals surface area contributed by atoms with Gasteiger partial charge in [-0.15, -0.1) is 0 Å². The van der Waals surface area contributed by atoms with Crippen LogP contribution in [0.2, 0.25) is 0 Å². The first-order chi connectivity index (χ1) is 6.86. The molecule has 1 heterocycles. The van der Waals surface area contributed by atoms with E-state index in [4.69, 9.17) is 0 Å². The summed E-state index contributed by atoms with van der Waals surface area (Å²) in [6.07, 6.45) is 6.79. The molecular formula is C12H26N2. The first kappa shape index (κ1) is 12.0. The van der Waals surface area contributed by atoms with Crippen LogP contribution in [-0.4, -0.2) is 37.1 Å². The zero-order chi connectivity index (χ0) is 10.2. The fourth-order valence-electron chi connectivity index (χ4n) is 2.15. The van der Waals surface area contributed by atoms with E-state index in [1.54, 1.807) is 0 Å². The average molecular weight is 198 g/mol. The van der Waals surface area contributed by atoms with E-state index >= 15 is 0 Å². The first-order valence-corrected chi connectivity index (χ1v) is 6.32. The lowest BCUT2D eigenvalue weighted by molar-refractivity contribution is 0.268. The highest BCUT2D eigenvalue weighted by atomic mass is 15.1. The van der Waals surface area contributed by atoms with Crippen molar-refractivity contribution in [2.75, 3.05) is 26.2 Å². The molecule has 0 bridgehead atoms. The number of hydrogen-bond acceptors (Lipinski definition) is 2. The lowest BCUT2D eigenvalue weighted by atomic mass is 10.1. The third kappa shape index (κ3) is 4.43. The number of unbranched alkanes of at least 4 members (excludes halogenated alkanes) is 1. The summed E-state index contributed by atoms with van der Waals surface area (Å²) in [7, 11) is 0. The smallest absolute Gasteiger partial charge is 0.00797 e. The van der Waals surface area contributed by atoms with E-state index in [0.29, 0.717) is 0 Å². The maximum atomic E-state index is 3.57. The van der Waals surface area contributed by atoms with Crippen LogP contribution >= 0.6 is 0 Å². The summed E-state index contributed by atoms with van der Waals surface area (Å²) in [6.45, 7) is 9.58. The van der Waals surface area contributed by atoms with Gasteiger partial charge < -0.3 is 10.2 Å². The number of nitrogens with one attached hydrogen (secondary N) is 1. The molecule has 0 saturated carbocycles. The Labute approximate surface area is 89.1 Å². The van der Waals surface area contributed by atoms with E-state index in [9.17, 15) is 0 Å². The predicted octanol–water partition coefficient (Wildman–Crippen LogP) is 2.25. The molecule has 0 aromatic rings. The summed E-state index contributed by atoms with van der Waals surface area (Å²) in [4.78, 5) is 2.59. The zero-order valence-electron chi connectivity index (χ0n) is 9.89. The van der Waals surface area contributed by atoms with E-state index in [1.165, 1.54) is 58.3 Å². The van der Waals surface area contributed by atoms with Crippen LogP contribution in [0.1, 0.15) is 46.0 Å². The number of nitrogens with zero attached hydrogens (tertiary/aromatic N) is 1. The fraction of sp³-hybridized carbons (Fsp3) is 1.00. The van der Waals surface area contributed by atoms with Gasteiger partial charge in [-0.2, -0.15) is 0 Å². The van der Waals surface area contributed by atoms with Gasteiger partial charge in [-0.3, -0.25) is 0 Å². The van der Waals surface area contributed by atoms with Crippen molar-refractivity contribution in [3.63, 3.8) is 0 Å². The highest BCUT2D eigenvalue weighted by Crippen LogP contribution is 2.09. The standard InChI is InChI=1S/C12H26N2/c1-3-5-10-14(4-2)11-8-12-7-6-9-13-12/h12-13H,3-11H2,1-2H3. The minimum absolute atomic E-state index is 0.811. The Morgan fingerprint density at radius 1 is 1.29 bits per heavy atom. The van der Waals surface area contributed by atoms with Gasteiger partial charge in [0.05, 0.1) is 0 Å². The fourth-order valence-corrected chi connectivity index (χ4v) is 2.15. The van der Waals surface area contributed by atoms with Crippen LogP contribution in [0.15, 0.2) is 0 Å². The lowest BCUT2D eigenvalue weighted by Crippen LogP contribution is -2.31. The molecule has 1 aliphatic rings. The van der Waals surface area contributed by atoms with Gasteiger partial charge >= 0.3 is 0 Å². The maximum Gasteiger partial charge on any atom is 0.00797 e. The van der Waals surface area contributed by atoms with Crippen LogP contribution in [0.4, 0.5) is 0 Å². The second kappa shape index (κ2) is 7.24. The monoisotopic (exact) mass is 198 g/mol. The normalized spacial score (nSPS) is 22.1. The SMILES string of the molecule is CCCCN(CC)CCC1CCCN1. The quantitative estimate of drug-likeness (QED) is 0.675. The molecule has 0 aliphatic carbocycles. The Hall–Kier alpha value is -0.0800. The molecule has 1 saturated heterocycles. The molecule has 1 fully saturated rings. The van der Waals surface area contributed by atoms with Gasteiger partial charge in [-0.05, 0) is 51.9 Å². The highest BCUT2D eigenvalue weighted by molar-refractivity contribution is 4.75. The molecule has 0 aromatic carbocycles. The second-order valence-electron chi connectivity index (χ2n) is 4.37. The highest BCUT2D eigenvalue weighted by Gasteiger charge is 2.14. The van der Waals surface area contributed by atoms with E-state index in [-0.39, 0.29) is 0 Å². The molecule has 1 atom stereocenters. The Balaban J connectivity index is 2.06. The van der Waals surface area contributed by atoms with Gasteiger partial charge in [0.1, 0.15) is 0 Å². The molecule has 0 aromatic heterocycles. The zero-order valence-corrected chi connectivity index (χ0v) is 9.89. The molecule has 0 amide bonds. The third-order valence-electron chi connectivity index (χ3n) is 3.23. The minimum atomic E-state index is 0.811. The molecule has 2 nitrogen and oxygen atoms in total. The Bertz CT molecular complexity index is 130. The summed E-state index contributed by atoms with van der Waals surface area (Å²) in [5.41, 5.74) is 0. The van der Waals surface area contributed by atoms with Gasteiger partial charge in [0.15, 0.2) is 0 Å². The molecule has 0 spiro atoms. The summed E-state index contributed by atoms with van der Waals surface area (Å²) in [5.74, 6) is 0. The van der Waals surface area contributed by atoms with Crippen molar-refractivity contribution in [3.05, 3.63) is 0 Å². The summed E-state index contributed by atoms with van der Waals surface area (Å²) < 4.78 is 0. The average Bonchev–Trinajstić information content (AvgIpc) is 2.71. The van der Waals surface area contributed by atoms with Crippen molar-refractivity contribution in [2.24, 2.45) is 0 Å². The van der Waals surface area contributed by atoms with Crippen LogP contribution in [0.5, 0.6) is 0 Å². The predicted molar refractivity (Wildman–Crippen MR) is 62.7 cm³/mol. The van der Waals surface area contributed by atoms with Gasteiger partial charge in [0, 0.05) is 6.04 Å². The topological polar surface area (TPSA) is 15.3 Å². The summed E-state index contributed by atoms with van der Waals surface area (Å²) >= 11 is 0. The van der Waals surface area contributed by atoms with Crippen LogP contribution < -0.4 is 5.32 Å². The van der Waals surface area contributed by atoms with E-state index in [1.807, 2.05) is 0 Å². The largest absolute Gasteiger partial charge is 0.314 e. The number of rotatable bonds is 7. The third-order valence-corrected chi connectivity index (χ3v) is 3.23. The molecule has 1 N–H and O–H groups in total. The van der Waals surface area contributed by atoms with Crippen LogP contribution in [0.25, 0.3) is 0 Å². The van der Waals surface area contributed by atoms with E-state index < -0.39 is 0 Å². The van der Waals surface area contributed by atoms with Gasteiger partial charge in [-0.1, -0.05) is 20.3 Å². The van der Waals surface area contributed by atoms with Gasteiger partial charge in [-0.25, -0.2) is 0 Å². The summed E-state index contributed by atoms with van der Waals surface area (Å²) in [5, 5.41) is 3.57. The Kier molecular flexibility index (Phi) is 6.20. The van der Waals surface area contributed by atoms with Crippen LogP contribution in [0, 0.1) is 0 Å². The van der Waals surface area contributed by atoms with Gasteiger partial charge in [0.25, 0.3) is 0 Å². The van der Waals surface area contributed by atoms with E-state index in [2.05, 4.69) is 24.1 Å². The maximum absolute atomic E-state index is 3.57. The van der Waals surface area contributed by atoms with Crippen molar-refractivity contribution in [2.45, 2.75) is 52.0 Å². The molecule has 1 aliphatic heterocycles. The molecule has 14 heavy (non-hydrogen) atoms. The summed E-state index contributed by atoms with van der Waals surface area (Å²) in [6, 6.07) is 0.811. The van der Waals surface area contributed by atoms with Crippen molar-refractivity contribution in [3.8, 4) is 0 Å². The van der Waals surface area contributed by atoms with Crippen molar-refractivity contribution < 1.29 is 0 Å². The van der Waals surface area contributed by atoms with Crippen LogP contribution in [0.3, 0.4) is 0 Å². The minimum Gasteiger partial charge on any atom is -0.314 e. The molecular weight excluding hydrogens is 172 g/mol. The molecule has 84 valence electrons. The second-order valence-corrected chi connectivity index (χ2v) is 4.37. The molecule has 2 heteroatoms. The van der Waals surface area contributed by atoms with Crippen molar-refractivity contribution >= 4 is 0 Å². The lowest BCUT2D eigenvalue weighted by Gasteiger charge is -2.21.